The summed E-state index contributed by atoms with van der Waals surface area (Å²) in [6, 6.07) is 8.09. The second-order valence-electron chi connectivity index (χ2n) is 5.88. The molecule has 0 saturated heterocycles. The Morgan fingerprint density at radius 2 is 2.04 bits per heavy atom. The van der Waals surface area contributed by atoms with Crippen LogP contribution >= 0.6 is 22.6 Å². The third-order valence-corrected chi connectivity index (χ3v) is 3.28. The molecule has 124 valence electrons. The van der Waals surface area contributed by atoms with Gasteiger partial charge < -0.3 is 14.5 Å². The fourth-order valence-electron chi connectivity index (χ4n) is 1.78. The molecule has 0 spiro atoms. The molecule has 1 amide bonds. The van der Waals surface area contributed by atoms with Gasteiger partial charge in [-0.15, -0.1) is 0 Å². The second kappa shape index (κ2) is 7.20. The lowest BCUT2D eigenvalue weighted by Crippen LogP contribution is -2.27. The van der Waals surface area contributed by atoms with Crippen molar-refractivity contribution in [3.63, 3.8) is 0 Å². The Bertz CT molecular complexity index is 695. The van der Waals surface area contributed by atoms with E-state index in [4.69, 9.17) is 9.15 Å². The summed E-state index contributed by atoms with van der Waals surface area (Å²) in [5, 5.41) is 5.52. The van der Waals surface area contributed by atoms with Crippen LogP contribution in [0, 0.1) is 9.58 Å². The summed E-state index contributed by atoms with van der Waals surface area (Å²) in [7, 11) is 0. The first kappa shape index (κ1) is 17.6. The van der Waals surface area contributed by atoms with Crippen molar-refractivity contribution in [2.24, 2.45) is 0 Å². The molecule has 0 radical (unpaired) electrons. The standard InChI is InChI=1S/C16H18FIN2O3/c1-16(2,3)23-15(21)20-13-8-10(4-6-12(13)17)19-9-11-5-7-14(18)22-11/h4-8,19H,9H2,1-3H3,(H,20,21). The molecule has 0 atom stereocenters. The summed E-state index contributed by atoms with van der Waals surface area (Å²) in [6.45, 7) is 5.68. The highest BCUT2D eigenvalue weighted by atomic mass is 127. The maximum Gasteiger partial charge on any atom is 0.412 e. The number of furan rings is 1. The minimum absolute atomic E-state index is 0.0540. The van der Waals surface area contributed by atoms with E-state index < -0.39 is 17.5 Å². The van der Waals surface area contributed by atoms with Crippen molar-refractivity contribution >= 4 is 40.1 Å². The van der Waals surface area contributed by atoms with Crippen LogP contribution in [0.5, 0.6) is 0 Å². The Labute approximate surface area is 147 Å². The number of carbonyl (C=O) groups is 1. The Kier molecular flexibility index (Phi) is 5.51. The van der Waals surface area contributed by atoms with Crippen molar-refractivity contribution < 1.29 is 18.3 Å². The van der Waals surface area contributed by atoms with Crippen molar-refractivity contribution in [2.75, 3.05) is 10.6 Å². The van der Waals surface area contributed by atoms with Gasteiger partial charge in [0, 0.05) is 5.69 Å². The number of nitrogens with one attached hydrogen (secondary N) is 2. The van der Waals surface area contributed by atoms with E-state index >= 15 is 0 Å². The lowest BCUT2D eigenvalue weighted by molar-refractivity contribution is 0.0635. The minimum atomic E-state index is -0.700. The van der Waals surface area contributed by atoms with Gasteiger partial charge in [-0.25, -0.2) is 9.18 Å². The molecule has 23 heavy (non-hydrogen) atoms. The fraction of sp³-hybridized carbons (Fsp3) is 0.312. The van der Waals surface area contributed by atoms with E-state index in [2.05, 4.69) is 33.2 Å². The fourth-order valence-corrected chi connectivity index (χ4v) is 2.24. The van der Waals surface area contributed by atoms with Gasteiger partial charge in [0.15, 0.2) is 3.77 Å². The maximum atomic E-state index is 13.8. The molecule has 1 aromatic carbocycles. The van der Waals surface area contributed by atoms with Crippen LogP contribution in [-0.2, 0) is 11.3 Å². The molecular weight excluding hydrogens is 414 g/mol. The molecule has 5 nitrogen and oxygen atoms in total. The highest BCUT2D eigenvalue weighted by Gasteiger charge is 2.17. The predicted molar refractivity (Wildman–Crippen MR) is 95.0 cm³/mol. The summed E-state index contributed by atoms with van der Waals surface area (Å²) in [4.78, 5) is 11.7. The number of halogens is 2. The lowest BCUT2D eigenvalue weighted by atomic mass is 10.2. The second-order valence-corrected chi connectivity index (χ2v) is 6.94. The highest BCUT2D eigenvalue weighted by molar-refractivity contribution is 14.1. The van der Waals surface area contributed by atoms with E-state index in [0.29, 0.717) is 12.2 Å². The van der Waals surface area contributed by atoms with Gasteiger partial charge in [-0.1, -0.05) is 0 Å². The number of rotatable bonds is 4. The molecule has 0 bridgehead atoms. The zero-order valence-electron chi connectivity index (χ0n) is 13.1. The number of anilines is 2. The third-order valence-electron chi connectivity index (χ3n) is 2.70. The van der Waals surface area contributed by atoms with E-state index in [1.54, 1.807) is 26.8 Å². The quantitative estimate of drug-likeness (QED) is 0.669. The number of carbonyl (C=O) groups excluding carboxylic acids is 1. The third kappa shape index (κ3) is 5.74. The molecule has 2 aromatic rings. The van der Waals surface area contributed by atoms with Crippen molar-refractivity contribution in [3.05, 3.63) is 45.7 Å². The summed E-state index contributed by atoms with van der Waals surface area (Å²) in [6.07, 6.45) is -0.700. The van der Waals surface area contributed by atoms with Crippen LogP contribution in [0.2, 0.25) is 0 Å². The predicted octanol–water partition coefficient (Wildman–Crippen LogP) is 4.98. The van der Waals surface area contributed by atoms with Crippen molar-refractivity contribution in [3.8, 4) is 0 Å². The van der Waals surface area contributed by atoms with Gasteiger partial charge >= 0.3 is 6.09 Å². The summed E-state index contributed by atoms with van der Waals surface area (Å²) in [5.74, 6) is 0.231. The number of hydrogen-bond donors (Lipinski definition) is 2. The van der Waals surface area contributed by atoms with Crippen LogP contribution in [-0.4, -0.2) is 11.7 Å². The van der Waals surface area contributed by atoms with Crippen LogP contribution in [0.25, 0.3) is 0 Å². The molecule has 2 N–H and O–H groups in total. The molecule has 7 heteroatoms. The Morgan fingerprint density at radius 3 is 2.65 bits per heavy atom. The molecule has 0 aliphatic rings. The summed E-state index contributed by atoms with van der Waals surface area (Å²) >= 11 is 2.08. The number of benzene rings is 1. The van der Waals surface area contributed by atoms with E-state index in [-0.39, 0.29) is 5.69 Å². The van der Waals surface area contributed by atoms with E-state index in [1.165, 1.54) is 12.1 Å². The largest absolute Gasteiger partial charge is 0.454 e. The first-order valence-electron chi connectivity index (χ1n) is 7.00. The Morgan fingerprint density at radius 1 is 1.30 bits per heavy atom. The van der Waals surface area contributed by atoms with Gasteiger partial charge in [-0.05, 0) is 73.7 Å². The van der Waals surface area contributed by atoms with Gasteiger partial charge in [0.25, 0.3) is 0 Å². The molecule has 1 heterocycles. The summed E-state index contributed by atoms with van der Waals surface area (Å²) in [5.41, 5.74) is 0.0643. The smallest absolute Gasteiger partial charge is 0.412 e. The van der Waals surface area contributed by atoms with Crippen LogP contribution < -0.4 is 10.6 Å². The number of ether oxygens (including phenoxy) is 1. The molecule has 2 rings (SSSR count). The first-order chi connectivity index (χ1) is 10.7. The molecule has 1 aromatic heterocycles. The molecular formula is C16H18FIN2O3. The Hall–Kier alpha value is -1.77. The number of hydrogen-bond acceptors (Lipinski definition) is 4. The average molecular weight is 432 g/mol. The van der Waals surface area contributed by atoms with Crippen LogP contribution in [0.15, 0.2) is 34.7 Å². The first-order valence-corrected chi connectivity index (χ1v) is 8.08. The zero-order valence-corrected chi connectivity index (χ0v) is 15.2. The normalized spacial score (nSPS) is 11.2. The SMILES string of the molecule is CC(C)(C)OC(=O)Nc1cc(NCc2ccc(I)o2)ccc1F. The van der Waals surface area contributed by atoms with Crippen LogP contribution in [0.3, 0.4) is 0 Å². The monoisotopic (exact) mass is 432 g/mol. The Balaban J connectivity index is 2.02. The number of amides is 1. The van der Waals surface area contributed by atoms with Crippen molar-refractivity contribution in [1.82, 2.24) is 0 Å². The van der Waals surface area contributed by atoms with Gasteiger partial charge in [0.05, 0.1) is 12.2 Å². The molecule has 0 saturated carbocycles. The molecule has 0 unspecified atom stereocenters. The van der Waals surface area contributed by atoms with Gasteiger partial charge in [-0.3, -0.25) is 5.32 Å². The molecule has 0 aliphatic carbocycles. The molecule has 0 fully saturated rings. The van der Waals surface area contributed by atoms with Crippen molar-refractivity contribution in [2.45, 2.75) is 32.9 Å². The molecule has 0 aliphatic heterocycles. The van der Waals surface area contributed by atoms with Crippen molar-refractivity contribution in [1.29, 1.82) is 0 Å². The topological polar surface area (TPSA) is 63.5 Å². The van der Waals surface area contributed by atoms with Gasteiger partial charge in [-0.2, -0.15) is 0 Å². The average Bonchev–Trinajstić information content (AvgIpc) is 2.83. The van der Waals surface area contributed by atoms with E-state index in [9.17, 15) is 9.18 Å². The van der Waals surface area contributed by atoms with Gasteiger partial charge in [0.2, 0.25) is 0 Å². The highest BCUT2D eigenvalue weighted by Crippen LogP contribution is 2.21. The summed E-state index contributed by atoms with van der Waals surface area (Å²) < 4.78 is 25.2. The van der Waals surface area contributed by atoms with Crippen LogP contribution in [0.1, 0.15) is 26.5 Å². The van der Waals surface area contributed by atoms with Gasteiger partial charge in [0.1, 0.15) is 17.2 Å². The van der Waals surface area contributed by atoms with E-state index in [0.717, 1.165) is 9.53 Å². The maximum absolute atomic E-state index is 13.8. The van der Waals surface area contributed by atoms with E-state index in [1.807, 2.05) is 12.1 Å². The minimum Gasteiger partial charge on any atom is -0.454 e. The van der Waals surface area contributed by atoms with Crippen LogP contribution in [0.4, 0.5) is 20.6 Å². The lowest BCUT2D eigenvalue weighted by Gasteiger charge is -2.20. The zero-order chi connectivity index (χ0) is 17.0.